The maximum absolute atomic E-state index is 12.5. The van der Waals surface area contributed by atoms with Gasteiger partial charge in [-0.15, -0.1) is 10.1 Å². The molecule has 2 aliphatic heterocycles. The van der Waals surface area contributed by atoms with Crippen LogP contribution in [0.2, 0.25) is 0 Å². The minimum atomic E-state index is -1.14. The largest absolute Gasteiger partial charge is 0.458 e. The molecule has 0 bridgehead atoms. The van der Waals surface area contributed by atoms with Crippen molar-refractivity contribution in [1.29, 1.82) is 0 Å². The number of amides is 1. The number of ether oxygens (including phenoxy) is 5. The van der Waals surface area contributed by atoms with Gasteiger partial charge in [-0.25, -0.2) is 9.59 Å². The Morgan fingerprint density at radius 3 is 2.09 bits per heavy atom. The van der Waals surface area contributed by atoms with Gasteiger partial charge >= 0.3 is 18.0 Å². The monoisotopic (exact) mass is 476 g/mol. The fourth-order valence-electron chi connectivity index (χ4n) is 3.29. The molecule has 0 aliphatic carbocycles. The molecule has 13 nitrogen and oxygen atoms in total. The van der Waals surface area contributed by atoms with Gasteiger partial charge in [0.1, 0.15) is 29.5 Å². The number of esters is 2. The smallest absolute Gasteiger partial charge is 0.408 e. The van der Waals surface area contributed by atoms with E-state index in [-0.39, 0.29) is 26.1 Å². The van der Waals surface area contributed by atoms with Crippen molar-refractivity contribution in [3.8, 4) is 0 Å². The summed E-state index contributed by atoms with van der Waals surface area (Å²) in [5.74, 6) is -1.38. The molecule has 5 unspecified atom stereocenters. The third-order valence-electron chi connectivity index (χ3n) is 4.49. The molecule has 5 atom stereocenters. The molecule has 33 heavy (non-hydrogen) atoms. The van der Waals surface area contributed by atoms with Crippen LogP contribution in [-0.4, -0.2) is 78.0 Å². The molecule has 0 aromatic rings. The van der Waals surface area contributed by atoms with E-state index in [9.17, 15) is 24.5 Å². The summed E-state index contributed by atoms with van der Waals surface area (Å²) >= 11 is 0. The summed E-state index contributed by atoms with van der Waals surface area (Å²) in [6, 6.07) is -1.14. The molecule has 0 spiro atoms. The lowest BCUT2D eigenvalue weighted by Crippen LogP contribution is -2.46. The Kier molecular flexibility index (Phi) is 8.46. The SMILES string of the molecule is CC(C)(C)OC(=O)NC(CCC(=O)OC1COC2C(O[N+](=O)[O-])COC12)C(=O)OC(C)(C)C. The third kappa shape index (κ3) is 8.65. The van der Waals surface area contributed by atoms with Gasteiger partial charge in [0.25, 0.3) is 5.09 Å². The Hall–Kier alpha value is -2.67. The molecule has 2 saturated heterocycles. The van der Waals surface area contributed by atoms with E-state index in [1.165, 1.54) is 0 Å². The highest BCUT2D eigenvalue weighted by molar-refractivity contribution is 5.82. The van der Waals surface area contributed by atoms with Gasteiger partial charge in [0, 0.05) is 6.42 Å². The summed E-state index contributed by atoms with van der Waals surface area (Å²) in [6.07, 6.45) is -4.23. The van der Waals surface area contributed by atoms with Crippen molar-refractivity contribution < 1.29 is 48.0 Å². The van der Waals surface area contributed by atoms with Crippen LogP contribution in [0.3, 0.4) is 0 Å². The van der Waals surface area contributed by atoms with Crippen LogP contribution in [0.15, 0.2) is 0 Å². The zero-order chi connectivity index (χ0) is 25.0. The fourth-order valence-corrected chi connectivity index (χ4v) is 3.29. The zero-order valence-electron chi connectivity index (χ0n) is 19.7. The second-order valence-corrected chi connectivity index (χ2v) is 9.76. The standard InChI is InChI=1S/C20H32N2O11/c1-19(2,3)31-17(24)11(21-18(25)32-20(4,5)6)7-8-14(23)30-12-9-28-16-13(33-22(26)27)10-29-15(12)16/h11-13,15-16H,7-10H2,1-6H3,(H,21,25). The number of hydrogen-bond donors (Lipinski definition) is 1. The van der Waals surface area contributed by atoms with Gasteiger partial charge in [0.15, 0.2) is 12.2 Å². The summed E-state index contributed by atoms with van der Waals surface area (Å²) in [7, 11) is 0. The van der Waals surface area contributed by atoms with Gasteiger partial charge in [0.2, 0.25) is 0 Å². The summed E-state index contributed by atoms with van der Waals surface area (Å²) in [4.78, 5) is 52.2. The number of carbonyl (C=O) groups excluding carboxylic acids is 3. The molecule has 0 aromatic carbocycles. The first-order chi connectivity index (χ1) is 15.1. The first kappa shape index (κ1) is 26.6. The van der Waals surface area contributed by atoms with Gasteiger partial charge in [-0.05, 0) is 48.0 Å². The Morgan fingerprint density at radius 1 is 1.00 bits per heavy atom. The molecule has 188 valence electrons. The minimum absolute atomic E-state index is 0.00962. The van der Waals surface area contributed by atoms with Crippen molar-refractivity contribution in [1.82, 2.24) is 5.32 Å². The first-order valence-electron chi connectivity index (χ1n) is 10.6. The average Bonchev–Trinajstić information content (AvgIpc) is 3.19. The maximum Gasteiger partial charge on any atom is 0.408 e. The Morgan fingerprint density at radius 2 is 1.55 bits per heavy atom. The molecular weight excluding hydrogens is 444 g/mol. The van der Waals surface area contributed by atoms with Crippen LogP contribution in [0, 0.1) is 10.1 Å². The number of nitrogens with one attached hydrogen (secondary N) is 1. The summed E-state index contributed by atoms with van der Waals surface area (Å²) in [5.41, 5.74) is -1.58. The zero-order valence-corrected chi connectivity index (χ0v) is 19.7. The summed E-state index contributed by atoms with van der Waals surface area (Å²) in [6.45, 7) is 9.99. The molecule has 2 heterocycles. The molecule has 0 radical (unpaired) electrons. The van der Waals surface area contributed by atoms with Crippen molar-refractivity contribution in [3.63, 3.8) is 0 Å². The maximum atomic E-state index is 12.5. The van der Waals surface area contributed by atoms with E-state index in [4.69, 9.17) is 23.7 Å². The topological polar surface area (TPSA) is 162 Å². The van der Waals surface area contributed by atoms with Gasteiger partial charge in [-0.2, -0.15) is 0 Å². The molecule has 0 aromatic heterocycles. The molecule has 2 fully saturated rings. The normalized spacial score (nSPS) is 25.5. The van der Waals surface area contributed by atoms with E-state index in [2.05, 4.69) is 10.2 Å². The predicted molar refractivity (Wildman–Crippen MR) is 109 cm³/mol. The van der Waals surface area contributed by atoms with Crippen molar-refractivity contribution >= 4 is 18.0 Å². The number of nitrogens with zero attached hydrogens (tertiary/aromatic N) is 1. The van der Waals surface area contributed by atoms with Gasteiger partial charge in [-0.3, -0.25) is 4.79 Å². The third-order valence-corrected chi connectivity index (χ3v) is 4.49. The lowest BCUT2D eigenvalue weighted by molar-refractivity contribution is -0.769. The highest BCUT2D eigenvalue weighted by Gasteiger charge is 2.51. The highest BCUT2D eigenvalue weighted by Crippen LogP contribution is 2.30. The van der Waals surface area contributed by atoms with Crippen molar-refractivity contribution in [2.24, 2.45) is 0 Å². The Labute approximate surface area is 191 Å². The number of fused-ring (bicyclic) bond motifs is 1. The quantitative estimate of drug-likeness (QED) is 0.232. The summed E-state index contributed by atoms with van der Waals surface area (Å²) < 4.78 is 26.8. The highest BCUT2D eigenvalue weighted by atomic mass is 17.0. The van der Waals surface area contributed by atoms with Crippen LogP contribution in [0.5, 0.6) is 0 Å². The minimum Gasteiger partial charge on any atom is -0.458 e. The van der Waals surface area contributed by atoms with Crippen molar-refractivity contribution in [3.05, 3.63) is 10.1 Å². The van der Waals surface area contributed by atoms with Crippen LogP contribution in [0.4, 0.5) is 4.79 Å². The molecule has 0 saturated carbocycles. The van der Waals surface area contributed by atoms with E-state index < -0.39 is 64.8 Å². The number of rotatable bonds is 8. The Bertz CT molecular complexity index is 743. The summed E-state index contributed by atoms with van der Waals surface area (Å²) in [5, 5.41) is 12.1. The molecule has 1 amide bonds. The van der Waals surface area contributed by atoms with Crippen molar-refractivity contribution in [2.75, 3.05) is 13.2 Å². The van der Waals surface area contributed by atoms with Crippen molar-refractivity contribution in [2.45, 2.75) is 96.0 Å². The first-order valence-corrected chi connectivity index (χ1v) is 10.6. The van der Waals surface area contributed by atoms with Crippen LogP contribution in [0.1, 0.15) is 54.4 Å². The van der Waals surface area contributed by atoms with Crippen LogP contribution < -0.4 is 5.32 Å². The van der Waals surface area contributed by atoms with Gasteiger partial charge < -0.3 is 33.8 Å². The number of hydrogen-bond acceptors (Lipinski definition) is 11. The second kappa shape index (κ2) is 10.5. The van der Waals surface area contributed by atoms with E-state index >= 15 is 0 Å². The van der Waals surface area contributed by atoms with Crippen LogP contribution in [0.25, 0.3) is 0 Å². The molecular formula is C20H32N2O11. The van der Waals surface area contributed by atoms with E-state index in [1.54, 1.807) is 41.5 Å². The Balaban J connectivity index is 1.92. The second-order valence-electron chi connectivity index (χ2n) is 9.76. The van der Waals surface area contributed by atoms with E-state index in [1.807, 2.05) is 0 Å². The molecule has 13 heteroatoms. The van der Waals surface area contributed by atoms with E-state index in [0.717, 1.165) is 0 Å². The predicted octanol–water partition coefficient (Wildman–Crippen LogP) is 1.29. The van der Waals surface area contributed by atoms with E-state index in [0.29, 0.717) is 0 Å². The molecule has 2 aliphatic rings. The number of carbonyl (C=O) groups is 3. The van der Waals surface area contributed by atoms with Gasteiger partial charge in [0.05, 0.1) is 13.2 Å². The van der Waals surface area contributed by atoms with Gasteiger partial charge in [-0.1, -0.05) is 0 Å². The lowest BCUT2D eigenvalue weighted by Gasteiger charge is -2.26. The fraction of sp³-hybridized carbons (Fsp3) is 0.850. The molecule has 1 N–H and O–H groups in total. The lowest BCUT2D eigenvalue weighted by atomic mass is 10.1. The molecule has 2 rings (SSSR count). The van der Waals surface area contributed by atoms with Crippen LogP contribution >= 0.6 is 0 Å². The average molecular weight is 476 g/mol. The van der Waals surface area contributed by atoms with Crippen LogP contribution in [-0.2, 0) is 38.1 Å². The number of alkyl carbamates (subject to hydrolysis) is 1.